The van der Waals surface area contributed by atoms with Crippen molar-refractivity contribution in [1.29, 1.82) is 0 Å². The van der Waals surface area contributed by atoms with E-state index in [1.165, 1.54) is 0 Å². The van der Waals surface area contributed by atoms with Gasteiger partial charge >= 0.3 is 29.8 Å². The summed E-state index contributed by atoms with van der Waals surface area (Å²) in [6.07, 6.45) is 2.31. The molecule has 0 fully saturated rings. The Hall–Kier alpha value is -3.45. The third-order valence-electron chi connectivity index (χ3n) is 2.11. The number of carboxylic acids is 5. The Labute approximate surface area is 154 Å². The second-order valence-corrected chi connectivity index (χ2v) is 4.26. The number of nitrogens with one attached hydrogen (secondary N) is 1. The lowest BCUT2D eigenvalue weighted by molar-refractivity contribution is -0.143. The summed E-state index contributed by atoms with van der Waals surface area (Å²) in [6, 6.07) is -1.05. The van der Waals surface area contributed by atoms with E-state index in [1.54, 1.807) is 0 Å². The fourth-order valence-corrected chi connectivity index (χ4v) is 1.09. The molecule has 1 atom stereocenters. The van der Waals surface area contributed by atoms with Gasteiger partial charge in [-0.1, -0.05) is 12.7 Å². The minimum Gasteiger partial charge on any atom is -0.480 e. The van der Waals surface area contributed by atoms with Crippen LogP contribution in [0.3, 0.4) is 0 Å². The second kappa shape index (κ2) is 17.4. The van der Waals surface area contributed by atoms with Gasteiger partial charge in [0.1, 0.15) is 12.6 Å². The van der Waals surface area contributed by atoms with Crippen molar-refractivity contribution >= 4 is 29.8 Å². The standard InChI is InChI=1S/C8H11NO4.C4H7NO4.C2H5NO2/c1-3-6(8(12)13)9(4-2)5-7(10)11;6-3(7)1-5-2-4(8)9;3-1-2(4)5/h3-4,6H,1-2,5H2,(H,10,11)(H,12,13);5H,1-2H2,(H,6,7)(H,8,9);1,3H2,(H,4,5). The van der Waals surface area contributed by atoms with Crippen LogP contribution in [0.4, 0.5) is 0 Å². The first-order valence-corrected chi connectivity index (χ1v) is 6.94. The number of nitrogens with two attached hydrogens (primary N) is 1. The highest BCUT2D eigenvalue weighted by Gasteiger charge is 2.20. The van der Waals surface area contributed by atoms with E-state index in [1.807, 2.05) is 0 Å². The van der Waals surface area contributed by atoms with Crippen molar-refractivity contribution in [1.82, 2.24) is 10.2 Å². The largest absolute Gasteiger partial charge is 0.480 e. The summed E-state index contributed by atoms with van der Waals surface area (Å²) in [4.78, 5) is 50.6. The molecule has 0 aromatic carbocycles. The summed E-state index contributed by atoms with van der Waals surface area (Å²) in [5.74, 6) is -5.36. The van der Waals surface area contributed by atoms with Crippen LogP contribution in [-0.2, 0) is 24.0 Å². The number of aliphatic carboxylic acids is 5. The van der Waals surface area contributed by atoms with E-state index in [2.05, 4.69) is 24.2 Å². The Balaban J connectivity index is -0.000000356. The molecule has 0 rings (SSSR count). The van der Waals surface area contributed by atoms with Gasteiger partial charge in [0.25, 0.3) is 0 Å². The van der Waals surface area contributed by atoms with E-state index in [-0.39, 0.29) is 19.6 Å². The number of hydrogen-bond donors (Lipinski definition) is 7. The van der Waals surface area contributed by atoms with Gasteiger partial charge < -0.3 is 36.2 Å². The van der Waals surface area contributed by atoms with Crippen molar-refractivity contribution in [2.75, 3.05) is 26.2 Å². The van der Waals surface area contributed by atoms with Crippen LogP contribution in [0.5, 0.6) is 0 Å². The molecule has 0 heterocycles. The maximum Gasteiger partial charge on any atom is 0.330 e. The molecule has 0 aromatic heterocycles. The highest BCUT2D eigenvalue weighted by Crippen LogP contribution is 2.01. The van der Waals surface area contributed by atoms with Gasteiger partial charge in [-0.3, -0.25) is 24.5 Å². The molecule has 0 aliphatic rings. The number of nitrogens with zero attached hydrogens (tertiary/aromatic N) is 1. The van der Waals surface area contributed by atoms with Crippen molar-refractivity contribution in [3.8, 4) is 0 Å². The van der Waals surface area contributed by atoms with Crippen molar-refractivity contribution in [3.63, 3.8) is 0 Å². The van der Waals surface area contributed by atoms with Crippen LogP contribution in [0.15, 0.2) is 25.4 Å². The summed E-state index contributed by atoms with van der Waals surface area (Å²) in [7, 11) is 0. The van der Waals surface area contributed by atoms with E-state index in [0.29, 0.717) is 0 Å². The molecule has 8 N–H and O–H groups in total. The fourth-order valence-electron chi connectivity index (χ4n) is 1.09. The van der Waals surface area contributed by atoms with Crippen molar-refractivity contribution in [3.05, 3.63) is 25.4 Å². The molecule has 0 aliphatic carbocycles. The summed E-state index contributed by atoms with van der Waals surface area (Å²) in [5, 5.41) is 42.8. The molecule has 0 saturated heterocycles. The van der Waals surface area contributed by atoms with E-state index < -0.39 is 42.4 Å². The molecule has 154 valence electrons. The Morgan fingerprint density at radius 3 is 1.48 bits per heavy atom. The SMILES string of the molecule is C=CC(C(=O)O)N(C=C)CC(=O)O.NCC(=O)O.O=C(O)CNCC(=O)O. The van der Waals surface area contributed by atoms with Crippen LogP contribution in [0.1, 0.15) is 0 Å². The molecule has 0 radical (unpaired) electrons. The van der Waals surface area contributed by atoms with Gasteiger partial charge in [-0.25, -0.2) is 4.79 Å². The first kappa shape index (κ1) is 28.4. The number of carbonyl (C=O) groups is 5. The van der Waals surface area contributed by atoms with Gasteiger partial charge in [0.05, 0.1) is 19.6 Å². The predicted molar refractivity (Wildman–Crippen MR) is 91.0 cm³/mol. The minimum absolute atomic E-state index is 0.278. The third kappa shape index (κ3) is 22.6. The van der Waals surface area contributed by atoms with Crippen molar-refractivity contribution in [2.45, 2.75) is 6.04 Å². The molecule has 0 amide bonds. The van der Waals surface area contributed by atoms with Crippen LogP contribution >= 0.6 is 0 Å². The van der Waals surface area contributed by atoms with E-state index >= 15 is 0 Å². The van der Waals surface area contributed by atoms with Gasteiger partial charge in [-0.05, 0) is 6.20 Å². The minimum atomic E-state index is -1.16. The first-order chi connectivity index (χ1) is 12.4. The lowest BCUT2D eigenvalue weighted by atomic mass is 10.2. The Kier molecular flexibility index (Phi) is 18.2. The average molecular weight is 393 g/mol. The normalized spacial score (nSPS) is 9.81. The molecule has 0 aromatic rings. The fraction of sp³-hybridized carbons (Fsp3) is 0.357. The molecular weight excluding hydrogens is 370 g/mol. The molecule has 27 heavy (non-hydrogen) atoms. The van der Waals surface area contributed by atoms with Gasteiger partial charge in [0.2, 0.25) is 0 Å². The van der Waals surface area contributed by atoms with Crippen LogP contribution in [0.2, 0.25) is 0 Å². The van der Waals surface area contributed by atoms with Crippen LogP contribution in [0.25, 0.3) is 0 Å². The second-order valence-electron chi connectivity index (χ2n) is 4.26. The zero-order valence-corrected chi connectivity index (χ0v) is 14.3. The van der Waals surface area contributed by atoms with Crippen LogP contribution in [0, 0.1) is 0 Å². The van der Waals surface area contributed by atoms with E-state index in [4.69, 9.17) is 25.5 Å². The maximum atomic E-state index is 10.6. The van der Waals surface area contributed by atoms with Crippen LogP contribution in [-0.4, -0.2) is 92.5 Å². The van der Waals surface area contributed by atoms with E-state index in [9.17, 15) is 24.0 Å². The third-order valence-corrected chi connectivity index (χ3v) is 2.11. The number of rotatable bonds is 11. The molecule has 0 saturated carbocycles. The summed E-state index contributed by atoms with van der Waals surface area (Å²) in [6.45, 7) is 5.30. The highest BCUT2D eigenvalue weighted by atomic mass is 16.4. The Bertz CT molecular complexity index is 521. The highest BCUT2D eigenvalue weighted by molar-refractivity contribution is 5.77. The van der Waals surface area contributed by atoms with Gasteiger partial charge in [-0.2, -0.15) is 0 Å². The Morgan fingerprint density at radius 1 is 0.889 bits per heavy atom. The zero-order chi connectivity index (χ0) is 22.0. The van der Waals surface area contributed by atoms with Gasteiger partial charge in [-0.15, -0.1) is 6.58 Å². The Morgan fingerprint density at radius 2 is 1.30 bits per heavy atom. The lowest BCUT2D eigenvalue weighted by Gasteiger charge is -2.22. The number of carboxylic acid groups (broad SMARTS) is 5. The molecule has 0 aliphatic heterocycles. The number of hydrogen-bond acceptors (Lipinski definition) is 8. The van der Waals surface area contributed by atoms with Gasteiger partial charge in [0.15, 0.2) is 0 Å². The monoisotopic (exact) mass is 393 g/mol. The zero-order valence-electron chi connectivity index (χ0n) is 14.3. The smallest absolute Gasteiger partial charge is 0.330 e. The quantitative estimate of drug-likeness (QED) is 0.187. The molecule has 1 unspecified atom stereocenters. The predicted octanol–water partition coefficient (Wildman–Crippen LogP) is -2.07. The van der Waals surface area contributed by atoms with Crippen molar-refractivity contribution in [2.24, 2.45) is 5.73 Å². The molecule has 13 heteroatoms. The molecule has 0 spiro atoms. The molecule has 0 bridgehead atoms. The van der Waals surface area contributed by atoms with Crippen molar-refractivity contribution < 1.29 is 49.5 Å². The van der Waals surface area contributed by atoms with Crippen LogP contribution < -0.4 is 11.1 Å². The average Bonchev–Trinajstić information content (AvgIpc) is 2.54. The summed E-state index contributed by atoms with van der Waals surface area (Å²) in [5.41, 5.74) is 4.57. The maximum absolute atomic E-state index is 10.6. The topological polar surface area (TPSA) is 228 Å². The first-order valence-electron chi connectivity index (χ1n) is 6.94. The molecule has 13 nitrogen and oxygen atoms in total. The van der Waals surface area contributed by atoms with Gasteiger partial charge in [0, 0.05) is 0 Å². The molecular formula is C14H23N3O10. The lowest BCUT2D eigenvalue weighted by Crippen LogP contribution is -2.38. The summed E-state index contributed by atoms with van der Waals surface area (Å²) >= 11 is 0. The van der Waals surface area contributed by atoms with E-state index in [0.717, 1.165) is 17.2 Å². The summed E-state index contributed by atoms with van der Waals surface area (Å²) < 4.78 is 0.